The minimum Gasteiger partial charge on any atom is -0.265 e. The largest absolute Gasteiger partial charge is 0.265 e. The van der Waals surface area contributed by atoms with E-state index in [1.807, 2.05) is 18.2 Å². The first kappa shape index (κ1) is 10.9. The topological polar surface area (TPSA) is 38.7 Å². The molecule has 14 heavy (non-hydrogen) atoms. The standard InChI is InChI=1S/C5H5N.C4H2Cl2N2/c1-2-4-6-5-3-1;5-3-1-2-7-4(6)8-3/h1-5H;1-2H. The number of hydrogen-bond donors (Lipinski definition) is 0. The lowest BCUT2D eigenvalue weighted by atomic mass is 10.5. The summed E-state index contributed by atoms with van der Waals surface area (Å²) in [4.78, 5) is 11.0. The fourth-order valence-electron chi connectivity index (χ4n) is 0.627. The molecule has 0 aromatic carbocycles. The Balaban J connectivity index is 0.000000146. The van der Waals surface area contributed by atoms with Crippen LogP contribution in [0, 0.1) is 0 Å². The van der Waals surface area contributed by atoms with Crippen LogP contribution in [0.25, 0.3) is 0 Å². The van der Waals surface area contributed by atoms with E-state index in [1.165, 1.54) is 6.20 Å². The molecule has 0 atom stereocenters. The summed E-state index contributed by atoms with van der Waals surface area (Å²) in [7, 11) is 0. The second kappa shape index (κ2) is 6.29. The first-order valence-corrected chi connectivity index (χ1v) is 4.53. The summed E-state index contributed by atoms with van der Waals surface area (Å²) in [6, 6.07) is 7.28. The Kier molecular flexibility index (Phi) is 4.89. The molecule has 0 amide bonds. The van der Waals surface area contributed by atoms with Gasteiger partial charge in [0.05, 0.1) is 0 Å². The van der Waals surface area contributed by atoms with Crippen molar-refractivity contribution in [3.8, 4) is 0 Å². The molecule has 0 bridgehead atoms. The highest BCUT2D eigenvalue weighted by molar-refractivity contribution is 6.31. The lowest BCUT2D eigenvalue weighted by Gasteiger charge is -1.85. The van der Waals surface area contributed by atoms with Crippen molar-refractivity contribution in [2.24, 2.45) is 0 Å². The molecule has 0 radical (unpaired) electrons. The maximum atomic E-state index is 5.41. The van der Waals surface area contributed by atoms with Gasteiger partial charge in [-0.25, -0.2) is 9.97 Å². The number of aromatic nitrogens is 3. The third kappa shape index (κ3) is 4.74. The Labute approximate surface area is 91.8 Å². The van der Waals surface area contributed by atoms with E-state index < -0.39 is 0 Å². The first-order valence-electron chi connectivity index (χ1n) is 3.78. The van der Waals surface area contributed by atoms with Gasteiger partial charge in [-0.15, -0.1) is 0 Å². The van der Waals surface area contributed by atoms with E-state index in [0.29, 0.717) is 5.15 Å². The van der Waals surface area contributed by atoms with Crippen molar-refractivity contribution >= 4 is 23.2 Å². The molecule has 2 aromatic heterocycles. The number of hydrogen-bond acceptors (Lipinski definition) is 3. The third-order valence-electron chi connectivity index (χ3n) is 1.16. The van der Waals surface area contributed by atoms with Gasteiger partial charge in [-0.1, -0.05) is 17.7 Å². The predicted molar refractivity (Wildman–Crippen MR) is 56.3 cm³/mol. The zero-order valence-electron chi connectivity index (χ0n) is 7.14. The molecule has 2 heterocycles. The molecule has 0 saturated carbocycles. The van der Waals surface area contributed by atoms with Crippen LogP contribution < -0.4 is 0 Å². The van der Waals surface area contributed by atoms with Gasteiger partial charge in [0.1, 0.15) is 5.15 Å². The van der Waals surface area contributed by atoms with Crippen LogP contribution in [0.4, 0.5) is 0 Å². The second-order valence-corrected chi connectivity index (χ2v) is 2.90. The fraction of sp³-hybridized carbons (Fsp3) is 0. The summed E-state index contributed by atoms with van der Waals surface area (Å²) in [6.45, 7) is 0. The van der Waals surface area contributed by atoms with Gasteiger partial charge in [-0.05, 0) is 29.8 Å². The minimum atomic E-state index is 0.178. The number of pyridine rings is 1. The quantitative estimate of drug-likeness (QED) is 0.514. The van der Waals surface area contributed by atoms with Crippen molar-refractivity contribution in [1.29, 1.82) is 0 Å². The molecule has 0 spiro atoms. The lowest BCUT2D eigenvalue weighted by Crippen LogP contribution is -1.77. The van der Waals surface area contributed by atoms with Crippen molar-refractivity contribution in [2.75, 3.05) is 0 Å². The Morgan fingerprint density at radius 3 is 1.93 bits per heavy atom. The normalized spacial score (nSPS) is 8.71. The molecule has 0 fully saturated rings. The fourth-order valence-corrected chi connectivity index (χ4v) is 0.954. The molecule has 0 aliphatic rings. The van der Waals surface area contributed by atoms with Crippen LogP contribution in [0.2, 0.25) is 10.4 Å². The van der Waals surface area contributed by atoms with E-state index in [2.05, 4.69) is 15.0 Å². The zero-order valence-corrected chi connectivity index (χ0v) is 8.65. The molecular formula is C9H7Cl2N3. The summed E-state index contributed by atoms with van der Waals surface area (Å²) in [6.07, 6.45) is 5.00. The van der Waals surface area contributed by atoms with Crippen molar-refractivity contribution < 1.29 is 0 Å². The van der Waals surface area contributed by atoms with Gasteiger partial charge >= 0.3 is 0 Å². The monoisotopic (exact) mass is 227 g/mol. The Morgan fingerprint density at radius 2 is 1.64 bits per heavy atom. The number of rotatable bonds is 0. The molecule has 72 valence electrons. The van der Waals surface area contributed by atoms with Gasteiger partial charge in [0.2, 0.25) is 5.28 Å². The van der Waals surface area contributed by atoms with Gasteiger partial charge in [0.15, 0.2) is 0 Å². The summed E-state index contributed by atoms with van der Waals surface area (Å²) >= 11 is 10.7. The summed E-state index contributed by atoms with van der Waals surface area (Å²) in [5.41, 5.74) is 0. The molecule has 3 nitrogen and oxygen atoms in total. The first-order chi connectivity index (χ1) is 6.79. The molecule has 0 saturated heterocycles. The predicted octanol–water partition coefficient (Wildman–Crippen LogP) is 2.87. The molecule has 2 aromatic rings. The highest BCUT2D eigenvalue weighted by Crippen LogP contribution is 2.04. The second-order valence-electron chi connectivity index (χ2n) is 2.17. The van der Waals surface area contributed by atoms with E-state index in [1.54, 1.807) is 18.5 Å². The van der Waals surface area contributed by atoms with Gasteiger partial charge in [-0.3, -0.25) is 4.98 Å². The molecule has 0 N–H and O–H groups in total. The van der Waals surface area contributed by atoms with E-state index in [-0.39, 0.29) is 5.28 Å². The Bertz CT molecular complexity index is 323. The third-order valence-corrected chi connectivity index (χ3v) is 1.55. The van der Waals surface area contributed by atoms with Crippen molar-refractivity contribution in [3.63, 3.8) is 0 Å². The number of nitrogens with zero attached hydrogens (tertiary/aromatic N) is 3. The van der Waals surface area contributed by atoms with Gasteiger partial charge in [0.25, 0.3) is 0 Å². The lowest BCUT2D eigenvalue weighted by molar-refractivity contribution is 1.17. The summed E-state index contributed by atoms with van der Waals surface area (Å²) in [5.74, 6) is 0. The molecule has 0 aliphatic carbocycles. The average Bonchev–Trinajstić information content (AvgIpc) is 2.21. The van der Waals surface area contributed by atoms with Crippen LogP contribution in [0.15, 0.2) is 42.9 Å². The smallest absolute Gasteiger partial charge is 0.223 e. The Morgan fingerprint density at radius 1 is 0.929 bits per heavy atom. The van der Waals surface area contributed by atoms with Crippen LogP contribution in [-0.4, -0.2) is 15.0 Å². The van der Waals surface area contributed by atoms with Gasteiger partial charge in [-0.2, -0.15) is 0 Å². The van der Waals surface area contributed by atoms with Crippen molar-refractivity contribution in [1.82, 2.24) is 15.0 Å². The molecule has 2 rings (SSSR count). The van der Waals surface area contributed by atoms with Crippen LogP contribution >= 0.6 is 23.2 Å². The van der Waals surface area contributed by atoms with Gasteiger partial charge in [0, 0.05) is 18.6 Å². The molecule has 5 heteroatoms. The Hall–Kier alpha value is -1.19. The van der Waals surface area contributed by atoms with Gasteiger partial charge < -0.3 is 0 Å². The van der Waals surface area contributed by atoms with Crippen LogP contribution in [-0.2, 0) is 0 Å². The van der Waals surface area contributed by atoms with Crippen LogP contribution in [0.5, 0.6) is 0 Å². The SMILES string of the molecule is Clc1ccnc(Cl)n1.c1ccncc1. The molecular weight excluding hydrogens is 221 g/mol. The van der Waals surface area contributed by atoms with Crippen molar-refractivity contribution in [3.05, 3.63) is 53.3 Å². The van der Waals surface area contributed by atoms with Crippen LogP contribution in [0.3, 0.4) is 0 Å². The maximum absolute atomic E-state index is 5.41. The molecule has 0 unspecified atom stereocenters. The maximum Gasteiger partial charge on any atom is 0.223 e. The summed E-state index contributed by atoms with van der Waals surface area (Å²) in [5, 5.41) is 0.544. The summed E-state index contributed by atoms with van der Waals surface area (Å²) < 4.78 is 0. The van der Waals surface area contributed by atoms with Crippen LogP contribution in [0.1, 0.15) is 0 Å². The van der Waals surface area contributed by atoms with E-state index in [9.17, 15) is 0 Å². The average molecular weight is 228 g/mol. The minimum absolute atomic E-state index is 0.178. The highest BCUT2D eigenvalue weighted by atomic mass is 35.5. The molecule has 0 aliphatic heterocycles. The number of halogens is 2. The van der Waals surface area contributed by atoms with E-state index in [4.69, 9.17) is 23.2 Å². The highest BCUT2D eigenvalue weighted by Gasteiger charge is 1.88. The zero-order chi connectivity index (χ0) is 10.2. The van der Waals surface area contributed by atoms with E-state index in [0.717, 1.165) is 0 Å². The van der Waals surface area contributed by atoms with E-state index >= 15 is 0 Å². The van der Waals surface area contributed by atoms with Crippen molar-refractivity contribution in [2.45, 2.75) is 0 Å².